The largest absolute Gasteiger partial charge is 0.0990 e. The van der Waals surface area contributed by atoms with Gasteiger partial charge in [0, 0.05) is 0 Å². The summed E-state index contributed by atoms with van der Waals surface area (Å²) < 4.78 is 0. The maximum Gasteiger partial charge on any atom is -0.00992 e. The summed E-state index contributed by atoms with van der Waals surface area (Å²) in [7, 11) is 0. The van der Waals surface area contributed by atoms with Crippen LogP contribution >= 0.6 is 0 Å². The molecule has 0 saturated carbocycles. The summed E-state index contributed by atoms with van der Waals surface area (Å²) in [4.78, 5) is 0. The molecule has 0 aliphatic heterocycles. The molecule has 0 heterocycles. The van der Waals surface area contributed by atoms with Crippen LogP contribution in [0.2, 0.25) is 0 Å². The molecular formula is C27H30. The summed E-state index contributed by atoms with van der Waals surface area (Å²) in [5.74, 6) is 0. The number of aryl methyl sites for hydroxylation is 1. The molecule has 0 saturated heterocycles. The van der Waals surface area contributed by atoms with E-state index in [0.29, 0.717) is 0 Å². The zero-order chi connectivity index (χ0) is 17.6. The minimum absolute atomic E-state index is 0. The van der Waals surface area contributed by atoms with Gasteiger partial charge in [0.15, 0.2) is 0 Å². The SMILES string of the molecule is C.C.C=C/C=C(\C=C)c1ccccc1-c1ccccc1-c1cccc(C)c1. The van der Waals surface area contributed by atoms with Gasteiger partial charge >= 0.3 is 0 Å². The van der Waals surface area contributed by atoms with Crippen molar-refractivity contribution < 1.29 is 0 Å². The van der Waals surface area contributed by atoms with E-state index in [0.717, 1.165) is 11.1 Å². The molecule has 3 aromatic rings. The lowest BCUT2D eigenvalue weighted by molar-refractivity contribution is 1.46. The van der Waals surface area contributed by atoms with Gasteiger partial charge in [-0.3, -0.25) is 0 Å². The molecule has 0 amide bonds. The van der Waals surface area contributed by atoms with Gasteiger partial charge in [-0.25, -0.2) is 0 Å². The molecule has 0 spiro atoms. The molecule has 0 bridgehead atoms. The molecule has 0 aromatic heterocycles. The molecule has 3 aromatic carbocycles. The molecule has 0 aliphatic rings. The van der Waals surface area contributed by atoms with Gasteiger partial charge in [-0.15, -0.1) is 0 Å². The summed E-state index contributed by atoms with van der Waals surface area (Å²) in [5, 5.41) is 0. The number of rotatable bonds is 5. The molecule has 27 heavy (non-hydrogen) atoms. The highest BCUT2D eigenvalue weighted by Crippen LogP contribution is 2.36. The lowest BCUT2D eigenvalue weighted by Crippen LogP contribution is -1.91. The molecule has 0 radical (unpaired) electrons. The van der Waals surface area contributed by atoms with Crippen LogP contribution in [-0.2, 0) is 0 Å². The first-order chi connectivity index (χ1) is 12.2. The van der Waals surface area contributed by atoms with Crippen LogP contribution in [0.1, 0.15) is 26.0 Å². The Balaban J connectivity index is 0.00000182. The summed E-state index contributed by atoms with van der Waals surface area (Å²) in [5.41, 5.74) is 8.40. The molecule has 0 atom stereocenters. The van der Waals surface area contributed by atoms with Crippen LogP contribution in [0.5, 0.6) is 0 Å². The molecule has 138 valence electrons. The zero-order valence-corrected chi connectivity index (χ0v) is 14.6. The second-order valence-corrected chi connectivity index (χ2v) is 6.02. The first-order valence-corrected chi connectivity index (χ1v) is 8.45. The van der Waals surface area contributed by atoms with Crippen molar-refractivity contribution in [3.63, 3.8) is 0 Å². The molecule has 0 N–H and O–H groups in total. The van der Waals surface area contributed by atoms with E-state index in [1.165, 1.54) is 27.8 Å². The zero-order valence-electron chi connectivity index (χ0n) is 14.6. The van der Waals surface area contributed by atoms with E-state index in [2.05, 4.69) is 92.9 Å². The van der Waals surface area contributed by atoms with E-state index in [1.807, 2.05) is 12.2 Å². The molecule has 0 unspecified atom stereocenters. The van der Waals surface area contributed by atoms with Gasteiger partial charge < -0.3 is 0 Å². The molecule has 0 aliphatic carbocycles. The maximum atomic E-state index is 3.97. The van der Waals surface area contributed by atoms with Crippen molar-refractivity contribution in [1.82, 2.24) is 0 Å². The van der Waals surface area contributed by atoms with Crippen molar-refractivity contribution >= 4 is 5.57 Å². The minimum atomic E-state index is 0. The van der Waals surface area contributed by atoms with E-state index in [1.54, 1.807) is 6.08 Å². The third-order valence-corrected chi connectivity index (χ3v) is 4.30. The fourth-order valence-electron chi connectivity index (χ4n) is 3.15. The highest BCUT2D eigenvalue weighted by Gasteiger charge is 2.11. The monoisotopic (exact) mass is 354 g/mol. The van der Waals surface area contributed by atoms with Crippen LogP contribution in [-0.4, -0.2) is 0 Å². The van der Waals surface area contributed by atoms with Crippen molar-refractivity contribution in [1.29, 1.82) is 0 Å². The Kier molecular flexibility index (Phi) is 8.23. The first kappa shape index (κ1) is 21.9. The van der Waals surface area contributed by atoms with E-state index >= 15 is 0 Å². The summed E-state index contributed by atoms with van der Waals surface area (Å²) >= 11 is 0. The highest BCUT2D eigenvalue weighted by molar-refractivity contribution is 5.92. The normalized spacial score (nSPS) is 10.3. The van der Waals surface area contributed by atoms with Gasteiger partial charge in [0.25, 0.3) is 0 Å². The van der Waals surface area contributed by atoms with Crippen LogP contribution < -0.4 is 0 Å². The van der Waals surface area contributed by atoms with Crippen LogP contribution in [0, 0.1) is 6.92 Å². The fourth-order valence-corrected chi connectivity index (χ4v) is 3.15. The molecule has 0 fully saturated rings. The van der Waals surface area contributed by atoms with Crippen molar-refractivity contribution in [2.24, 2.45) is 0 Å². The second kappa shape index (κ2) is 10.1. The number of hydrogen-bond donors (Lipinski definition) is 0. The number of allylic oxidation sites excluding steroid dienone is 4. The van der Waals surface area contributed by atoms with Crippen molar-refractivity contribution in [3.8, 4) is 22.3 Å². The lowest BCUT2D eigenvalue weighted by atomic mass is 9.89. The van der Waals surface area contributed by atoms with Gasteiger partial charge in [0.2, 0.25) is 0 Å². The quantitative estimate of drug-likeness (QED) is 0.404. The first-order valence-electron chi connectivity index (χ1n) is 8.45. The van der Waals surface area contributed by atoms with Gasteiger partial charge in [-0.1, -0.05) is 125 Å². The van der Waals surface area contributed by atoms with Gasteiger partial charge in [0.05, 0.1) is 0 Å². The molecule has 0 heteroatoms. The van der Waals surface area contributed by atoms with Crippen LogP contribution in [0.4, 0.5) is 0 Å². The molecule has 0 nitrogen and oxygen atoms in total. The Bertz CT molecular complexity index is 942. The van der Waals surface area contributed by atoms with Gasteiger partial charge in [-0.05, 0) is 40.3 Å². The summed E-state index contributed by atoms with van der Waals surface area (Å²) in [6.07, 6.45) is 5.69. The third-order valence-electron chi connectivity index (χ3n) is 4.30. The van der Waals surface area contributed by atoms with Crippen LogP contribution in [0.25, 0.3) is 27.8 Å². The third kappa shape index (κ3) is 4.74. The van der Waals surface area contributed by atoms with E-state index in [9.17, 15) is 0 Å². The Morgan fingerprint density at radius 2 is 1.37 bits per heavy atom. The van der Waals surface area contributed by atoms with E-state index in [-0.39, 0.29) is 14.9 Å². The summed E-state index contributed by atoms with van der Waals surface area (Å²) in [6, 6.07) is 25.7. The lowest BCUT2D eigenvalue weighted by Gasteiger charge is -2.15. The maximum absolute atomic E-state index is 3.97. The summed E-state index contributed by atoms with van der Waals surface area (Å²) in [6.45, 7) is 9.92. The van der Waals surface area contributed by atoms with Gasteiger partial charge in [0.1, 0.15) is 0 Å². The number of benzene rings is 3. The second-order valence-electron chi connectivity index (χ2n) is 6.02. The predicted molar refractivity (Wildman–Crippen MR) is 124 cm³/mol. The highest BCUT2D eigenvalue weighted by atomic mass is 14.2. The average Bonchev–Trinajstić information content (AvgIpc) is 2.66. The van der Waals surface area contributed by atoms with Crippen molar-refractivity contribution in [2.75, 3.05) is 0 Å². The Hall–Kier alpha value is -3.12. The molecular weight excluding hydrogens is 324 g/mol. The number of hydrogen-bond acceptors (Lipinski definition) is 0. The van der Waals surface area contributed by atoms with E-state index in [4.69, 9.17) is 0 Å². The minimum Gasteiger partial charge on any atom is -0.0990 e. The topological polar surface area (TPSA) is 0 Å². The average molecular weight is 355 g/mol. The molecule has 3 rings (SSSR count). The van der Waals surface area contributed by atoms with Crippen LogP contribution in [0.3, 0.4) is 0 Å². The Morgan fingerprint density at radius 1 is 0.741 bits per heavy atom. The van der Waals surface area contributed by atoms with Crippen molar-refractivity contribution in [2.45, 2.75) is 21.8 Å². The standard InChI is InChI=1S/C25H22.2CH4/c1-4-11-20(5-2)22-14-6-8-16-24(22)25-17-9-7-15-23(25)21-13-10-12-19(3)18-21;;/h4-18H,1-2H2,3H3;2*1H4/b20-11+;;. The fraction of sp³-hybridized carbons (Fsp3) is 0.111. The van der Waals surface area contributed by atoms with Gasteiger partial charge in [-0.2, -0.15) is 0 Å². The smallest absolute Gasteiger partial charge is 0.00992 e. The Labute approximate surface area is 165 Å². The van der Waals surface area contributed by atoms with Crippen LogP contribution in [0.15, 0.2) is 104 Å². The van der Waals surface area contributed by atoms with Crippen molar-refractivity contribution in [3.05, 3.63) is 115 Å². The Morgan fingerprint density at radius 3 is 2.00 bits per heavy atom. The van der Waals surface area contributed by atoms with E-state index < -0.39 is 0 Å². The predicted octanol–water partition coefficient (Wildman–Crippen LogP) is 8.36.